The first-order chi connectivity index (χ1) is 7.71. The highest BCUT2D eigenvalue weighted by molar-refractivity contribution is 9.10. The molecule has 0 aliphatic heterocycles. The van der Waals surface area contributed by atoms with Crippen LogP contribution in [0.2, 0.25) is 0 Å². The van der Waals surface area contributed by atoms with E-state index in [1.54, 1.807) is 6.92 Å². The van der Waals surface area contributed by atoms with Crippen LogP contribution in [0, 0.1) is 5.82 Å². The number of hydrogen-bond donors (Lipinski definition) is 0. The van der Waals surface area contributed by atoms with E-state index in [4.69, 9.17) is 0 Å². The molecule has 0 saturated heterocycles. The summed E-state index contributed by atoms with van der Waals surface area (Å²) in [7, 11) is -1.42. The summed E-state index contributed by atoms with van der Waals surface area (Å²) in [6.07, 6.45) is 0. The van der Waals surface area contributed by atoms with Gasteiger partial charge in [0.15, 0.2) is 5.82 Å². The van der Waals surface area contributed by atoms with Crippen LogP contribution in [0.1, 0.15) is 33.4 Å². The van der Waals surface area contributed by atoms with Gasteiger partial charge in [0.25, 0.3) is 0 Å². The summed E-state index contributed by atoms with van der Waals surface area (Å²) >= 11 is 3.16. The summed E-state index contributed by atoms with van der Waals surface area (Å²) in [6.45, 7) is 7.03. The van der Waals surface area contributed by atoms with E-state index in [0.717, 1.165) is 0 Å². The molecule has 1 heterocycles. The Kier molecular flexibility index (Phi) is 4.55. The quantitative estimate of drug-likeness (QED) is 0.620. The van der Waals surface area contributed by atoms with Crippen molar-refractivity contribution in [3.05, 3.63) is 28.2 Å². The minimum Gasteiger partial charge on any atom is -0.236 e. The first-order valence-corrected chi connectivity index (χ1v) is 6.91. The Balaban J connectivity index is 3.12. The van der Waals surface area contributed by atoms with E-state index < -0.39 is 21.5 Å². The molecule has 0 N–H and O–H groups in total. The fourth-order valence-electron chi connectivity index (χ4n) is 0.977. The van der Waals surface area contributed by atoms with Gasteiger partial charge in [-0.25, -0.2) is 13.6 Å². The fourth-order valence-corrected chi connectivity index (χ4v) is 1.90. The van der Waals surface area contributed by atoms with Crippen LogP contribution >= 0.6 is 15.9 Å². The molecule has 3 nitrogen and oxygen atoms in total. The third kappa shape index (κ3) is 3.96. The first kappa shape index (κ1) is 14.4. The van der Waals surface area contributed by atoms with Crippen molar-refractivity contribution in [2.75, 3.05) is 0 Å². The lowest BCUT2D eigenvalue weighted by Crippen LogP contribution is -2.21. The van der Waals surface area contributed by atoms with E-state index in [1.165, 1.54) is 12.1 Å². The maximum atomic E-state index is 13.5. The number of aromatic nitrogens is 1. The summed E-state index contributed by atoms with van der Waals surface area (Å²) in [5, 5.41) is 0. The Morgan fingerprint density at radius 2 is 2.06 bits per heavy atom. The van der Waals surface area contributed by atoms with E-state index in [2.05, 4.69) is 25.3 Å². The molecule has 0 aliphatic rings. The molecule has 0 saturated carbocycles. The number of nitrogens with zero attached hydrogens (tertiary/aromatic N) is 2. The van der Waals surface area contributed by atoms with Crippen molar-refractivity contribution in [1.29, 1.82) is 0 Å². The van der Waals surface area contributed by atoms with Gasteiger partial charge in [0.05, 0.1) is 10.5 Å². The number of hydrogen-bond acceptors (Lipinski definition) is 2. The van der Waals surface area contributed by atoms with Crippen LogP contribution < -0.4 is 0 Å². The van der Waals surface area contributed by atoms with Crippen molar-refractivity contribution in [3.63, 3.8) is 0 Å². The zero-order valence-corrected chi connectivity index (χ0v) is 12.5. The number of pyridine rings is 1. The summed E-state index contributed by atoms with van der Waals surface area (Å²) in [4.78, 5) is 3.98. The lowest BCUT2D eigenvalue weighted by Gasteiger charge is -2.14. The molecule has 1 aromatic rings. The van der Waals surface area contributed by atoms with Crippen LogP contribution in [0.4, 0.5) is 4.39 Å². The molecule has 0 spiro atoms. The molecule has 0 aromatic carbocycles. The van der Waals surface area contributed by atoms with Gasteiger partial charge < -0.3 is 0 Å². The highest BCUT2D eigenvalue weighted by Crippen LogP contribution is 2.16. The molecule has 94 valence electrons. The Labute approximate surface area is 111 Å². The van der Waals surface area contributed by atoms with E-state index in [0.29, 0.717) is 10.3 Å². The van der Waals surface area contributed by atoms with Gasteiger partial charge in [0, 0.05) is 0 Å². The van der Waals surface area contributed by atoms with Crippen molar-refractivity contribution in [2.45, 2.75) is 32.4 Å². The molecule has 0 aliphatic carbocycles. The maximum absolute atomic E-state index is 13.5. The Bertz CT molecular complexity index is 483. The van der Waals surface area contributed by atoms with Gasteiger partial charge in [-0.1, -0.05) is 0 Å². The van der Waals surface area contributed by atoms with Gasteiger partial charge in [0.1, 0.15) is 21.3 Å². The van der Waals surface area contributed by atoms with Crippen LogP contribution in [-0.4, -0.2) is 19.7 Å². The summed E-state index contributed by atoms with van der Waals surface area (Å²) in [6, 6.07) is 2.80. The molecule has 1 aromatic heterocycles. The van der Waals surface area contributed by atoms with Crippen molar-refractivity contribution in [3.8, 4) is 0 Å². The molecule has 0 amide bonds. The summed E-state index contributed by atoms with van der Waals surface area (Å²) in [5.41, 5.74) is 0.453. The third-order valence-corrected chi connectivity index (χ3v) is 3.83. The third-order valence-electron chi connectivity index (χ3n) is 1.90. The minimum absolute atomic E-state index is 0.122. The van der Waals surface area contributed by atoms with Gasteiger partial charge in [-0.15, -0.1) is 0 Å². The number of rotatable bonds is 2. The molecule has 0 fully saturated rings. The SMILES string of the molecule is CC(=N[S@@](=O)C(C)(C)C)c1nc(Br)ccc1F. The Morgan fingerprint density at radius 1 is 1.47 bits per heavy atom. The second-order valence-electron chi connectivity index (χ2n) is 4.50. The van der Waals surface area contributed by atoms with Crippen LogP contribution in [0.15, 0.2) is 21.1 Å². The fraction of sp³-hybridized carbons (Fsp3) is 0.455. The zero-order chi connectivity index (χ0) is 13.2. The van der Waals surface area contributed by atoms with Gasteiger partial charge in [-0.05, 0) is 55.8 Å². The second-order valence-corrected chi connectivity index (χ2v) is 7.22. The summed E-state index contributed by atoms with van der Waals surface area (Å²) in [5.74, 6) is -0.472. The highest BCUT2D eigenvalue weighted by atomic mass is 79.9. The molecule has 0 bridgehead atoms. The predicted octanol–water partition coefficient (Wildman–Crippen LogP) is 3.25. The normalized spacial score (nSPS) is 14.8. The van der Waals surface area contributed by atoms with Gasteiger partial charge in [0.2, 0.25) is 0 Å². The molecule has 0 radical (unpaired) electrons. The molecule has 6 heteroatoms. The topological polar surface area (TPSA) is 42.3 Å². The van der Waals surface area contributed by atoms with Gasteiger partial charge >= 0.3 is 0 Å². The molecule has 17 heavy (non-hydrogen) atoms. The highest BCUT2D eigenvalue weighted by Gasteiger charge is 2.20. The minimum atomic E-state index is -1.42. The first-order valence-electron chi connectivity index (χ1n) is 5.01. The van der Waals surface area contributed by atoms with Crippen LogP contribution in [0.3, 0.4) is 0 Å². The van der Waals surface area contributed by atoms with Crippen molar-refractivity contribution in [2.24, 2.45) is 4.40 Å². The van der Waals surface area contributed by atoms with Crippen LogP contribution in [-0.2, 0) is 11.0 Å². The standard InChI is InChI=1S/C11H14BrFN2OS/c1-7(15-17(16)11(2,3)4)10-8(13)5-6-9(12)14-10/h5-6H,1-4H3/t17-/m0/s1. The van der Waals surface area contributed by atoms with Gasteiger partial charge in [-0.3, -0.25) is 0 Å². The predicted molar refractivity (Wildman–Crippen MR) is 72.0 cm³/mol. The molecule has 1 atom stereocenters. The van der Waals surface area contributed by atoms with E-state index in [-0.39, 0.29) is 5.69 Å². The molecular formula is C11H14BrFN2OS. The average molecular weight is 321 g/mol. The molecule has 0 unspecified atom stereocenters. The van der Waals surface area contributed by atoms with Crippen molar-refractivity contribution >= 4 is 32.6 Å². The second kappa shape index (κ2) is 5.35. The molecule has 1 rings (SSSR count). The maximum Gasteiger partial charge on any atom is 0.150 e. The lowest BCUT2D eigenvalue weighted by atomic mass is 10.2. The van der Waals surface area contributed by atoms with Crippen molar-refractivity contribution in [1.82, 2.24) is 4.98 Å². The zero-order valence-electron chi connectivity index (χ0n) is 10.1. The van der Waals surface area contributed by atoms with Gasteiger partial charge in [-0.2, -0.15) is 4.40 Å². The van der Waals surface area contributed by atoms with Crippen LogP contribution in [0.5, 0.6) is 0 Å². The number of halogens is 2. The summed E-state index contributed by atoms with van der Waals surface area (Å²) < 4.78 is 29.3. The molecular weight excluding hydrogens is 307 g/mol. The van der Waals surface area contributed by atoms with Crippen LogP contribution in [0.25, 0.3) is 0 Å². The average Bonchev–Trinajstić information content (AvgIpc) is 2.20. The smallest absolute Gasteiger partial charge is 0.150 e. The monoisotopic (exact) mass is 320 g/mol. The largest absolute Gasteiger partial charge is 0.236 e. The van der Waals surface area contributed by atoms with E-state index >= 15 is 0 Å². The Hall–Kier alpha value is -0.620. The van der Waals surface area contributed by atoms with E-state index in [9.17, 15) is 8.60 Å². The van der Waals surface area contributed by atoms with E-state index in [1.807, 2.05) is 20.8 Å². The Morgan fingerprint density at radius 3 is 2.59 bits per heavy atom. The van der Waals surface area contributed by atoms with Crippen molar-refractivity contribution < 1.29 is 8.60 Å². The lowest BCUT2D eigenvalue weighted by molar-refractivity contribution is 0.617.